The van der Waals surface area contributed by atoms with Crippen LogP contribution in [0.25, 0.3) is 0 Å². The molecule has 24 heavy (non-hydrogen) atoms. The van der Waals surface area contributed by atoms with Gasteiger partial charge in [-0.05, 0) is 55.3 Å². The van der Waals surface area contributed by atoms with E-state index in [1.807, 2.05) is 50.2 Å². The number of aryl methyl sites for hydroxylation is 2. The summed E-state index contributed by atoms with van der Waals surface area (Å²) in [6.45, 7) is 3.86. The molecule has 2 aromatic rings. The van der Waals surface area contributed by atoms with Gasteiger partial charge in [0.25, 0.3) is 5.91 Å². The van der Waals surface area contributed by atoms with Crippen LogP contribution in [0.3, 0.4) is 0 Å². The Kier molecular flexibility index (Phi) is 6.37. The highest BCUT2D eigenvalue weighted by Gasteiger charge is 2.04. The number of nitrogens with zero attached hydrogens (tertiary/aromatic N) is 1. The largest absolute Gasteiger partial charge is 0.496 e. The zero-order valence-electron chi connectivity index (χ0n) is 13.8. The Morgan fingerprint density at radius 1 is 1.21 bits per heavy atom. The van der Waals surface area contributed by atoms with Crippen LogP contribution in [-0.4, -0.2) is 25.8 Å². The zero-order valence-corrected chi connectivity index (χ0v) is 15.4. The predicted octanol–water partition coefficient (Wildman–Crippen LogP) is 3.60. The Morgan fingerprint density at radius 3 is 2.58 bits per heavy atom. The van der Waals surface area contributed by atoms with Gasteiger partial charge in [0.2, 0.25) is 0 Å². The van der Waals surface area contributed by atoms with Crippen LogP contribution in [0.5, 0.6) is 11.5 Å². The molecule has 0 bridgehead atoms. The van der Waals surface area contributed by atoms with Crippen molar-refractivity contribution in [2.24, 2.45) is 5.10 Å². The molecule has 0 aliphatic carbocycles. The molecule has 5 nitrogen and oxygen atoms in total. The molecular formula is C18H19BrN2O3. The van der Waals surface area contributed by atoms with E-state index < -0.39 is 0 Å². The molecule has 0 radical (unpaired) electrons. The molecule has 1 amide bonds. The minimum Gasteiger partial charge on any atom is -0.496 e. The van der Waals surface area contributed by atoms with E-state index in [1.54, 1.807) is 7.11 Å². The highest BCUT2D eigenvalue weighted by molar-refractivity contribution is 9.10. The van der Waals surface area contributed by atoms with E-state index >= 15 is 0 Å². The van der Waals surface area contributed by atoms with Crippen molar-refractivity contribution < 1.29 is 14.3 Å². The van der Waals surface area contributed by atoms with Crippen LogP contribution < -0.4 is 14.9 Å². The number of hydrazone groups is 1. The Morgan fingerprint density at radius 2 is 1.92 bits per heavy atom. The smallest absolute Gasteiger partial charge is 0.277 e. The Balaban J connectivity index is 1.90. The van der Waals surface area contributed by atoms with Crippen LogP contribution in [0.4, 0.5) is 0 Å². The lowest BCUT2D eigenvalue weighted by molar-refractivity contribution is -0.123. The maximum absolute atomic E-state index is 11.8. The van der Waals surface area contributed by atoms with Crippen LogP contribution in [0.15, 0.2) is 46.0 Å². The van der Waals surface area contributed by atoms with Gasteiger partial charge >= 0.3 is 0 Å². The van der Waals surface area contributed by atoms with Gasteiger partial charge in [-0.1, -0.05) is 22.0 Å². The monoisotopic (exact) mass is 390 g/mol. The molecule has 0 saturated carbocycles. The molecule has 0 spiro atoms. The second-order valence-corrected chi connectivity index (χ2v) is 6.21. The van der Waals surface area contributed by atoms with Gasteiger partial charge in [-0.25, -0.2) is 5.43 Å². The molecule has 0 fully saturated rings. The third kappa shape index (κ3) is 5.38. The predicted molar refractivity (Wildman–Crippen MR) is 97.8 cm³/mol. The summed E-state index contributed by atoms with van der Waals surface area (Å²) in [5, 5.41) is 3.93. The van der Waals surface area contributed by atoms with Gasteiger partial charge in [-0.15, -0.1) is 0 Å². The quantitative estimate of drug-likeness (QED) is 0.605. The topological polar surface area (TPSA) is 59.9 Å². The van der Waals surface area contributed by atoms with Crippen molar-refractivity contribution in [1.29, 1.82) is 0 Å². The van der Waals surface area contributed by atoms with Crippen LogP contribution in [0.2, 0.25) is 0 Å². The summed E-state index contributed by atoms with van der Waals surface area (Å²) in [5.41, 5.74) is 5.36. The van der Waals surface area contributed by atoms with Crippen molar-refractivity contribution in [2.75, 3.05) is 13.7 Å². The standard InChI is InChI=1S/C18H19BrN2O3/c1-12-6-13(2)8-16(7-12)24-11-18(22)21-20-10-14-9-15(19)4-5-17(14)23-3/h4-10H,11H2,1-3H3,(H,21,22)/b20-10-. The molecule has 0 aliphatic heterocycles. The zero-order chi connectivity index (χ0) is 17.5. The molecule has 2 rings (SSSR count). The summed E-state index contributed by atoms with van der Waals surface area (Å²) in [6, 6.07) is 11.3. The third-order valence-electron chi connectivity index (χ3n) is 3.15. The molecule has 6 heteroatoms. The van der Waals surface area contributed by atoms with Crippen molar-refractivity contribution in [2.45, 2.75) is 13.8 Å². The first-order valence-electron chi connectivity index (χ1n) is 7.34. The van der Waals surface area contributed by atoms with Crippen molar-refractivity contribution in [1.82, 2.24) is 5.43 Å². The molecule has 2 aromatic carbocycles. The minimum absolute atomic E-state index is 0.101. The van der Waals surface area contributed by atoms with Gasteiger partial charge in [-0.2, -0.15) is 5.10 Å². The van der Waals surface area contributed by atoms with Gasteiger partial charge in [0.05, 0.1) is 13.3 Å². The fourth-order valence-corrected chi connectivity index (χ4v) is 2.56. The van der Waals surface area contributed by atoms with Crippen LogP contribution in [0.1, 0.15) is 16.7 Å². The Labute approximate surface area is 149 Å². The van der Waals surface area contributed by atoms with E-state index in [9.17, 15) is 4.79 Å². The van der Waals surface area contributed by atoms with E-state index in [1.165, 1.54) is 6.21 Å². The van der Waals surface area contributed by atoms with E-state index in [-0.39, 0.29) is 12.5 Å². The van der Waals surface area contributed by atoms with E-state index in [0.29, 0.717) is 11.5 Å². The number of hydrogen-bond acceptors (Lipinski definition) is 4. The summed E-state index contributed by atoms with van der Waals surface area (Å²) >= 11 is 3.38. The maximum atomic E-state index is 11.8. The highest BCUT2D eigenvalue weighted by Crippen LogP contribution is 2.21. The SMILES string of the molecule is COc1ccc(Br)cc1/C=N\NC(=O)COc1cc(C)cc(C)c1. The number of rotatable bonds is 6. The average molecular weight is 391 g/mol. The summed E-state index contributed by atoms with van der Waals surface area (Å²) < 4.78 is 11.6. The lowest BCUT2D eigenvalue weighted by Crippen LogP contribution is -2.24. The number of carbonyl (C=O) groups is 1. The van der Waals surface area contributed by atoms with Gasteiger partial charge in [0.1, 0.15) is 11.5 Å². The van der Waals surface area contributed by atoms with Gasteiger partial charge < -0.3 is 9.47 Å². The second-order valence-electron chi connectivity index (χ2n) is 5.29. The second kappa shape index (κ2) is 8.49. The van der Waals surface area contributed by atoms with Gasteiger partial charge in [0, 0.05) is 10.0 Å². The number of nitrogens with one attached hydrogen (secondary N) is 1. The minimum atomic E-state index is -0.334. The fraction of sp³-hybridized carbons (Fsp3) is 0.222. The van der Waals surface area contributed by atoms with Gasteiger partial charge in [0.15, 0.2) is 6.61 Å². The molecule has 0 atom stereocenters. The summed E-state index contributed by atoms with van der Waals surface area (Å²) in [5.74, 6) is 1.00. The molecule has 126 valence electrons. The van der Waals surface area contributed by atoms with E-state index in [0.717, 1.165) is 21.2 Å². The number of halogens is 1. The number of hydrogen-bond donors (Lipinski definition) is 1. The molecule has 0 aromatic heterocycles. The summed E-state index contributed by atoms with van der Waals surface area (Å²) in [7, 11) is 1.58. The molecule has 0 aliphatic rings. The highest BCUT2D eigenvalue weighted by atomic mass is 79.9. The van der Waals surface area contributed by atoms with E-state index in [4.69, 9.17) is 9.47 Å². The number of carbonyl (C=O) groups excluding carboxylic acids is 1. The van der Waals surface area contributed by atoms with Gasteiger partial charge in [-0.3, -0.25) is 4.79 Å². The lowest BCUT2D eigenvalue weighted by atomic mass is 10.1. The third-order valence-corrected chi connectivity index (χ3v) is 3.64. The number of amides is 1. The van der Waals surface area contributed by atoms with Crippen molar-refractivity contribution in [3.63, 3.8) is 0 Å². The number of methoxy groups -OCH3 is 1. The number of benzene rings is 2. The fourth-order valence-electron chi connectivity index (χ4n) is 2.18. The molecule has 0 heterocycles. The maximum Gasteiger partial charge on any atom is 0.277 e. The van der Waals surface area contributed by atoms with Crippen molar-refractivity contribution >= 4 is 28.1 Å². The van der Waals surface area contributed by atoms with Crippen LogP contribution >= 0.6 is 15.9 Å². The Hall–Kier alpha value is -2.34. The van der Waals surface area contributed by atoms with Crippen LogP contribution in [0, 0.1) is 13.8 Å². The first-order chi connectivity index (χ1) is 11.5. The normalized spacial score (nSPS) is 10.7. The van der Waals surface area contributed by atoms with Crippen LogP contribution in [-0.2, 0) is 4.79 Å². The summed E-state index contributed by atoms with van der Waals surface area (Å²) in [4.78, 5) is 11.8. The number of ether oxygens (including phenoxy) is 2. The van der Waals surface area contributed by atoms with Crippen molar-refractivity contribution in [3.05, 3.63) is 57.6 Å². The van der Waals surface area contributed by atoms with Crippen molar-refractivity contribution in [3.8, 4) is 11.5 Å². The Bertz CT molecular complexity index is 740. The molecule has 1 N–H and O–H groups in total. The lowest BCUT2D eigenvalue weighted by Gasteiger charge is -2.07. The summed E-state index contributed by atoms with van der Waals surface area (Å²) in [6.07, 6.45) is 1.53. The molecule has 0 saturated heterocycles. The first-order valence-corrected chi connectivity index (χ1v) is 8.14. The molecule has 0 unspecified atom stereocenters. The molecular weight excluding hydrogens is 372 g/mol. The average Bonchev–Trinajstić information content (AvgIpc) is 2.52. The first kappa shape index (κ1) is 18.0. The van der Waals surface area contributed by atoms with E-state index in [2.05, 4.69) is 26.5 Å².